The molecule has 2 amide bonds. The van der Waals surface area contributed by atoms with Crippen LogP contribution in [0.2, 0.25) is 5.02 Å². The number of anilines is 1. The van der Waals surface area contributed by atoms with Gasteiger partial charge < -0.3 is 10.6 Å². The normalized spacial score (nSPS) is 14.2. The molecule has 0 aliphatic heterocycles. The fraction of sp³-hybridized carbons (Fsp3) is 0.333. The average molecular weight is 253 g/mol. The number of carbonyl (C=O) groups excluding carboxylic acids is 2. The topological polar surface area (TPSA) is 58.2 Å². The Morgan fingerprint density at radius 1 is 1.29 bits per heavy atom. The predicted molar refractivity (Wildman–Crippen MR) is 66.0 cm³/mol. The second-order valence-corrected chi connectivity index (χ2v) is 4.52. The van der Waals surface area contributed by atoms with E-state index in [4.69, 9.17) is 11.6 Å². The Hall–Kier alpha value is -1.55. The van der Waals surface area contributed by atoms with Crippen LogP contribution in [0.5, 0.6) is 0 Å². The van der Waals surface area contributed by atoms with Crippen molar-refractivity contribution in [1.29, 1.82) is 0 Å². The SMILES string of the molecule is Cc1c(Cl)cccc1NC(=O)C(=O)NC1CC1. The van der Waals surface area contributed by atoms with Crippen LogP contribution < -0.4 is 10.6 Å². The van der Waals surface area contributed by atoms with Crippen LogP contribution in [-0.2, 0) is 9.59 Å². The molecule has 0 aromatic heterocycles. The fourth-order valence-corrected chi connectivity index (χ4v) is 1.58. The maximum absolute atomic E-state index is 11.6. The summed E-state index contributed by atoms with van der Waals surface area (Å²) in [5.74, 6) is -1.24. The second kappa shape index (κ2) is 4.75. The second-order valence-electron chi connectivity index (χ2n) is 4.11. The minimum Gasteiger partial charge on any atom is -0.345 e. The summed E-state index contributed by atoms with van der Waals surface area (Å²) in [5, 5.41) is 5.73. The lowest BCUT2D eigenvalue weighted by Gasteiger charge is -2.09. The number of carbonyl (C=O) groups is 2. The van der Waals surface area contributed by atoms with Crippen molar-refractivity contribution < 1.29 is 9.59 Å². The first-order valence-corrected chi connectivity index (χ1v) is 5.82. The Kier molecular flexibility index (Phi) is 3.33. The van der Waals surface area contributed by atoms with Crippen LogP contribution in [0, 0.1) is 6.92 Å². The van der Waals surface area contributed by atoms with Gasteiger partial charge in [-0.1, -0.05) is 17.7 Å². The van der Waals surface area contributed by atoms with E-state index in [0.717, 1.165) is 18.4 Å². The van der Waals surface area contributed by atoms with Crippen molar-refractivity contribution in [1.82, 2.24) is 5.32 Å². The van der Waals surface area contributed by atoms with Crippen molar-refractivity contribution in [2.24, 2.45) is 0 Å². The molecular formula is C12H13ClN2O2. The fourth-order valence-electron chi connectivity index (χ4n) is 1.40. The summed E-state index contributed by atoms with van der Waals surface area (Å²) in [5.41, 5.74) is 1.31. The molecule has 0 atom stereocenters. The van der Waals surface area contributed by atoms with E-state index in [2.05, 4.69) is 10.6 Å². The molecule has 17 heavy (non-hydrogen) atoms. The van der Waals surface area contributed by atoms with Gasteiger partial charge in [-0.3, -0.25) is 9.59 Å². The smallest absolute Gasteiger partial charge is 0.313 e. The molecule has 1 aliphatic carbocycles. The number of halogens is 1. The molecule has 0 saturated heterocycles. The zero-order valence-electron chi connectivity index (χ0n) is 9.42. The Morgan fingerprint density at radius 3 is 2.65 bits per heavy atom. The van der Waals surface area contributed by atoms with Crippen LogP contribution >= 0.6 is 11.6 Å². The largest absolute Gasteiger partial charge is 0.345 e. The van der Waals surface area contributed by atoms with Gasteiger partial charge in [0.2, 0.25) is 0 Å². The zero-order valence-corrected chi connectivity index (χ0v) is 10.2. The molecule has 0 unspecified atom stereocenters. The number of benzene rings is 1. The summed E-state index contributed by atoms with van der Waals surface area (Å²) in [6, 6.07) is 5.35. The highest BCUT2D eigenvalue weighted by molar-refractivity contribution is 6.40. The highest BCUT2D eigenvalue weighted by Crippen LogP contribution is 2.23. The lowest BCUT2D eigenvalue weighted by atomic mass is 10.2. The van der Waals surface area contributed by atoms with Crippen LogP contribution in [0.4, 0.5) is 5.69 Å². The first-order chi connectivity index (χ1) is 8.08. The minimum absolute atomic E-state index is 0.175. The first kappa shape index (κ1) is 11.9. The quantitative estimate of drug-likeness (QED) is 0.790. The molecule has 0 bridgehead atoms. The highest BCUT2D eigenvalue weighted by Gasteiger charge is 2.26. The number of rotatable bonds is 2. The summed E-state index contributed by atoms with van der Waals surface area (Å²) in [6.45, 7) is 1.79. The third kappa shape index (κ3) is 2.97. The van der Waals surface area contributed by atoms with Crippen LogP contribution in [0.3, 0.4) is 0 Å². The van der Waals surface area contributed by atoms with E-state index in [0.29, 0.717) is 10.7 Å². The summed E-state index contributed by atoms with van der Waals surface area (Å²) in [6.07, 6.45) is 1.91. The van der Waals surface area contributed by atoms with Crippen LogP contribution in [0.1, 0.15) is 18.4 Å². The molecule has 1 aromatic carbocycles. The molecule has 1 fully saturated rings. The number of hydrogen-bond donors (Lipinski definition) is 2. The molecule has 5 heteroatoms. The first-order valence-electron chi connectivity index (χ1n) is 5.45. The van der Waals surface area contributed by atoms with Gasteiger partial charge >= 0.3 is 11.8 Å². The van der Waals surface area contributed by atoms with Crippen LogP contribution in [0.25, 0.3) is 0 Å². The molecule has 1 saturated carbocycles. The highest BCUT2D eigenvalue weighted by atomic mass is 35.5. The standard InChI is InChI=1S/C12H13ClN2O2/c1-7-9(13)3-2-4-10(7)15-12(17)11(16)14-8-5-6-8/h2-4,8H,5-6H2,1H3,(H,14,16)(H,15,17). The molecule has 2 N–H and O–H groups in total. The van der Waals surface area contributed by atoms with Gasteiger partial charge in [0.15, 0.2) is 0 Å². The predicted octanol–water partition coefficient (Wildman–Crippen LogP) is 1.87. The number of hydrogen-bond acceptors (Lipinski definition) is 2. The van der Waals surface area contributed by atoms with Gasteiger partial charge in [0.25, 0.3) is 0 Å². The van der Waals surface area contributed by atoms with E-state index in [1.807, 2.05) is 0 Å². The summed E-state index contributed by atoms with van der Waals surface area (Å²) in [4.78, 5) is 23.0. The molecule has 4 nitrogen and oxygen atoms in total. The van der Waals surface area contributed by atoms with Crippen LogP contribution in [-0.4, -0.2) is 17.9 Å². The van der Waals surface area contributed by atoms with Gasteiger partial charge in [-0.05, 0) is 37.5 Å². The van der Waals surface area contributed by atoms with Gasteiger partial charge in [-0.25, -0.2) is 0 Å². The average Bonchev–Trinajstić information content (AvgIpc) is 3.08. The van der Waals surface area contributed by atoms with E-state index in [9.17, 15) is 9.59 Å². The van der Waals surface area contributed by atoms with Crippen molar-refractivity contribution in [2.45, 2.75) is 25.8 Å². The van der Waals surface area contributed by atoms with Crippen LogP contribution in [0.15, 0.2) is 18.2 Å². The monoisotopic (exact) mass is 252 g/mol. The Labute approximate surface area is 104 Å². The molecule has 0 spiro atoms. The summed E-state index contributed by atoms with van der Waals surface area (Å²) >= 11 is 5.92. The maximum Gasteiger partial charge on any atom is 0.313 e. The maximum atomic E-state index is 11.6. The molecule has 0 heterocycles. The Balaban J connectivity index is 2.01. The lowest BCUT2D eigenvalue weighted by molar-refractivity contribution is -0.136. The van der Waals surface area contributed by atoms with Crippen molar-refractivity contribution in [3.63, 3.8) is 0 Å². The molecular weight excluding hydrogens is 240 g/mol. The minimum atomic E-state index is -0.651. The van der Waals surface area contributed by atoms with Crippen molar-refractivity contribution in [3.05, 3.63) is 28.8 Å². The zero-order chi connectivity index (χ0) is 12.4. The van der Waals surface area contributed by atoms with E-state index < -0.39 is 11.8 Å². The van der Waals surface area contributed by atoms with Gasteiger partial charge in [0.1, 0.15) is 0 Å². The Bertz CT molecular complexity index is 470. The van der Waals surface area contributed by atoms with Gasteiger partial charge in [0, 0.05) is 16.8 Å². The van der Waals surface area contributed by atoms with Crippen molar-refractivity contribution in [3.8, 4) is 0 Å². The molecule has 2 rings (SSSR count). The third-order valence-electron chi connectivity index (χ3n) is 2.63. The van der Waals surface area contributed by atoms with Gasteiger partial charge in [-0.15, -0.1) is 0 Å². The lowest BCUT2D eigenvalue weighted by Crippen LogP contribution is -2.36. The van der Waals surface area contributed by atoms with E-state index in [1.165, 1.54) is 0 Å². The van der Waals surface area contributed by atoms with Gasteiger partial charge in [0.05, 0.1) is 0 Å². The summed E-state index contributed by atoms with van der Waals surface area (Å²) < 4.78 is 0. The van der Waals surface area contributed by atoms with E-state index >= 15 is 0 Å². The van der Waals surface area contributed by atoms with E-state index in [-0.39, 0.29) is 6.04 Å². The molecule has 1 aliphatic rings. The number of nitrogens with one attached hydrogen (secondary N) is 2. The van der Waals surface area contributed by atoms with Crippen molar-refractivity contribution in [2.75, 3.05) is 5.32 Å². The molecule has 90 valence electrons. The molecule has 1 aromatic rings. The third-order valence-corrected chi connectivity index (χ3v) is 3.04. The van der Waals surface area contributed by atoms with E-state index in [1.54, 1.807) is 25.1 Å². The van der Waals surface area contributed by atoms with Crippen molar-refractivity contribution >= 4 is 29.1 Å². The van der Waals surface area contributed by atoms with Gasteiger partial charge in [-0.2, -0.15) is 0 Å². The Morgan fingerprint density at radius 2 is 2.00 bits per heavy atom. The molecule has 0 radical (unpaired) electrons. The number of amides is 2. The summed E-state index contributed by atoms with van der Waals surface area (Å²) in [7, 11) is 0.